The molecule has 32 heavy (non-hydrogen) atoms. The highest BCUT2D eigenvalue weighted by atomic mass is 35.5. The number of carbonyl (C=O) groups excluding carboxylic acids is 2. The first-order valence-corrected chi connectivity index (χ1v) is 11.3. The van der Waals surface area contributed by atoms with E-state index in [4.69, 9.17) is 11.6 Å². The van der Waals surface area contributed by atoms with Crippen LogP contribution in [0.3, 0.4) is 0 Å². The Morgan fingerprint density at radius 1 is 1.16 bits per heavy atom. The van der Waals surface area contributed by atoms with Crippen LogP contribution >= 0.6 is 23.4 Å². The van der Waals surface area contributed by atoms with E-state index in [1.807, 2.05) is 36.6 Å². The number of amides is 2. The fourth-order valence-corrected chi connectivity index (χ4v) is 3.83. The number of thioether (sulfide) groups is 1. The van der Waals surface area contributed by atoms with Crippen molar-refractivity contribution in [3.05, 3.63) is 82.7 Å². The van der Waals surface area contributed by atoms with E-state index in [1.165, 1.54) is 11.8 Å². The zero-order valence-electron chi connectivity index (χ0n) is 17.9. The first-order valence-electron chi connectivity index (χ1n) is 9.94. The van der Waals surface area contributed by atoms with Crippen molar-refractivity contribution in [3.63, 3.8) is 0 Å². The molecule has 9 heteroatoms. The summed E-state index contributed by atoms with van der Waals surface area (Å²) < 4.78 is 1.82. The van der Waals surface area contributed by atoms with E-state index < -0.39 is 0 Å². The predicted molar refractivity (Wildman–Crippen MR) is 128 cm³/mol. The van der Waals surface area contributed by atoms with E-state index in [-0.39, 0.29) is 24.1 Å². The van der Waals surface area contributed by atoms with Crippen LogP contribution < -0.4 is 10.6 Å². The lowest BCUT2D eigenvalue weighted by atomic mass is 10.1. The van der Waals surface area contributed by atoms with Crippen LogP contribution in [0.15, 0.2) is 60.3 Å². The van der Waals surface area contributed by atoms with Gasteiger partial charge in [0.15, 0.2) is 11.0 Å². The number of hydrogen-bond donors (Lipinski definition) is 2. The zero-order chi connectivity index (χ0) is 23.1. The summed E-state index contributed by atoms with van der Waals surface area (Å²) in [6.07, 6.45) is 1.72. The van der Waals surface area contributed by atoms with Crippen LogP contribution in [0.25, 0.3) is 0 Å². The maximum Gasteiger partial charge on any atom is 0.251 e. The van der Waals surface area contributed by atoms with Crippen molar-refractivity contribution in [2.45, 2.75) is 32.1 Å². The molecule has 2 amide bonds. The van der Waals surface area contributed by atoms with Gasteiger partial charge >= 0.3 is 0 Å². The molecule has 0 atom stereocenters. The molecule has 166 valence electrons. The minimum absolute atomic E-state index is 0.130. The highest BCUT2D eigenvalue weighted by molar-refractivity contribution is 7.99. The fraction of sp³-hybridized carbons (Fsp3) is 0.217. The summed E-state index contributed by atoms with van der Waals surface area (Å²) in [4.78, 5) is 24.8. The molecule has 7 nitrogen and oxygen atoms in total. The Labute approximate surface area is 196 Å². The molecule has 2 N–H and O–H groups in total. The monoisotopic (exact) mass is 469 g/mol. The molecule has 0 aliphatic carbocycles. The second-order valence-electron chi connectivity index (χ2n) is 7.07. The molecule has 3 rings (SSSR count). The van der Waals surface area contributed by atoms with Crippen LogP contribution in [0.4, 0.5) is 5.69 Å². The van der Waals surface area contributed by atoms with Gasteiger partial charge in [-0.3, -0.25) is 9.59 Å². The molecule has 0 fully saturated rings. The summed E-state index contributed by atoms with van der Waals surface area (Å²) in [5.41, 5.74) is 3.46. The van der Waals surface area contributed by atoms with E-state index in [0.29, 0.717) is 28.1 Å². The lowest BCUT2D eigenvalue weighted by molar-refractivity contribution is -0.113. The highest BCUT2D eigenvalue weighted by Crippen LogP contribution is 2.21. The third-order valence-electron chi connectivity index (χ3n) is 4.83. The van der Waals surface area contributed by atoms with Gasteiger partial charge in [0.2, 0.25) is 5.91 Å². The Bertz CT molecular complexity index is 1130. The molecule has 0 radical (unpaired) electrons. The number of nitrogens with zero attached hydrogens (tertiary/aromatic N) is 3. The van der Waals surface area contributed by atoms with Crippen LogP contribution in [0.1, 0.15) is 27.3 Å². The van der Waals surface area contributed by atoms with E-state index in [9.17, 15) is 9.59 Å². The van der Waals surface area contributed by atoms with Gasteiger partial charge in [0, 0.05) is 22.8 Å². The number of rotatable bonds is 9. The quantitative estimate of drug-likeness (QED) is 0.358. The number of carbonyl (C=O) groups is 2. The summed E-state index contributed by atoms with van der Waals surface area (Å²) in [6, 6.07) is 12.4. The number of nitrogens with one attached hydrogen (secondary N) is 2. The molecule has 0 bridgehead atoms. The lowest BCUT2D eigenvalue weighted by Gasteiger charge is -2.11. The molecule has 0 aliphatic heterocycles. The van der Waals surface area contributed by atoms with E-state index in [1.54, 1.807) is 30.3 Å². The third-order valence-corrected chi connectivity index (χ3v) is 6.05. The third kappa shape index (κ3) is 5.99. The zero-order valence-corrected chi connectivity index (χ0v) is 19.5. The molecule has 0 saturated heterocycles. The second-order valence-corrected chi connectivity index (χ2v) is 8.45. The summed E-state index contributed by atoms with van der Waals surface area (Å²) in [6.45, 7) is 8.40. The first kappa shape index (κ1) is 23.6. The molecular formula is C23H24ClN5O2S. The Balaban J connectivity index is 1.61. The largest absolute Gasteiger partial charge is 0.345 e. The SMILES string of the molecule is C=CCn1c(CNC(=O)c2ccc(Cl)cc2)nnc1SCC(=O)Nc1cccc(C)c1C. The first-order chi connectivity index (χ1) is 15.4. The van der Waals surface area contributed by atoms with Gasteiger partial charge in [-0.1, -0.05) is 41.6 Å². The van der Waals surface area contributed by atoms with Crippen molar-refractivity contribution in [1.82, 2.24) is 20.1 Å². The molecule has 2 aromatic carbocycles. The van der Waals surface area contributed by atoms with Crippen molar-refractivity contribution < 1.29 is 9.59 Å². The van der Waals surface area contributed by atoms with Gasteiger partial charge in [0.05, 0.1) is 12.3 Å². The van der Waals surface area contributed by atoms with Crippen LogP contribution in [0, 0.1) is 13.8 Å². The van der Waals surface area contributed by atoms with Gasteiger partial charge in [0.25, 0.3) is 5.91 Å². The molecule has 0 aliphatic rings. The predicted octanol–water partition coefficient (Wildman–Crippen LogP) is 4.40. The second kappa shape index (κ2) is 11.0. The van der Waals surface area contributed by atoms with Crippen molar-refractivity contribution >= 4 is 40.9 Å². The van der Waals surface area contributed by atoms with Crippen LogP contribution in [-0.2, 0) is 17.9 Å². The smallest absolute Gasteiger partial charge is 0.251 e. The van der Waals surface area contributed by atoms with Gasteiger partial charge in [-0.25, -0.2) is 0 Å². The summed E-state index contributed by atoms with van der Waals surface area (Å²) in [7, 11) is 0. The maximum absolute atomic E-state index is 12.4. The summed E-state index contributed by atoms with van der Waals surface area (Å²) >= 11 is 7.15. The number of hydrogen-bond acceptors (Lipinski definition) is 5. The molecule has 1 aromatic heterocycles. The Morgan fingerprint density at radius 3 is 2.62 bits per heavy atom. The molecule has 0 spiro atoms. The number of allylic oxidation sites excluding steroid dienone is 1. The van der Waals surface area contributed by atoms with E-state index in [0.717, 1.165) is 16.8 Å². The lowest BCUT2D eigenvalue weighted by Crippen LogP contribution is -2.24. The number of benzene rings is 2. The molecule has 3 aromatic rings. The average molecular weight is 470 g/mol. The van der Waals surface area contributed by atoms with Gasteiger partial charge in [-0.2, -0.15) is 0 Å². The summed E-state index contributed by atoms with van der Waals surface area (Å²) in [5, 5.41) is 15.3. The highest BCUT2D eigenvalue weighted by Gasteiger charge is 2.15. The molecule has 0 unspecified atom stereocenters. The van der Waals surface area contributed by atoms with Crippen molar-refractivity contribution in [3.8, 4) is 0 Å². The van der Waals surface area contributed by atoms with Crippen molar-refractivity contribution in [2.75, 3.05) is 11.1 Å². The van der Waals surface area contributed by atoms with E-state index in [2.05, 4.69) is 27.4 Å². The number of aryl methyl sites for hydroxylation is 1. The molecular weight excluding hydrogens is 446 g/mol. The normalized spacial score (nSPS) is 10.6. The van der Waals surface area contributed by atoms with Crippen molar-refractivity contribution in [1.29, 1.82) is 0 Å². The van der Waals surface area contributed by atoms with Crippen LogP contribution in [0.2, 0.25) is 5.02 Å². The van der Waals surface area contributed by atoms with Crippen molar-refractivity contribution in [2.24, 2.45) is 0 Å². The maximum atomic E-state index is 12.4. The minimum Gasteiger partial charge on any atom is -0.345 e. The topological polar surface area (TPSA) is 88.9 Å². The minimum atomic E-state index is -0.239. The standard InChI is InChI=1S/C23H24ClN5O2S/c1-4-12-29-20(13-25-22(31)17-8-10-18(24)11-9-17)27-28-23(29)32-14-21(30)26-19-7-5-6-15(2)16(19)3/h4-11H,1,12-14H2,2-3H3,(H,25,31)(H,26,30). The van der Waals surface area contributed by atoms with Crippen LogP contribution in [-0.4, -0.2) is 32.3 Å². The molecule has 1 heterocycles. The number of halogens is 1. The van der Waals surface area contributed by atoms with E-state index >= 15 is 0 Å². The molecule has 0 saturated carbocycles. The van der Waals surface area contributed by atoms with Gasteiger partial charge < -0.3 is 15.2 Å². The Kier molecular flexibility index (Phi) is 8.08. The summed E-state index contributed by atoms with van der Waals surface area (Å²) in [5.74, 6) is 0.385. The van der Waals surface area contributed by atoms with Gasteiger partial charge in [-0.05, 0) is 55.3 Å². The number of anilines is 1. The van der Waals surface area contributed by atoms with Crippen LogP contribution in [0.5, 0.6) is 0 Å². The Morgan fingerprint density at radius 2 is 1.91 bits per heavy atom. The van der Waals surface area contributed by atoms with Gasteiger partial charge in [-0.15, -0.1) is 16.8 Å². The Hall–Kier alpha value is -3.10. The van der Waals surface area contributed by atoms with Gasteiger partial charge in [0.1, 0.15) is 0 Å². The fourth-order valence-electron chi connectivity index (χ4n) is 2.93. The number of aromatic nitrogens is 3. The average Bonchev–Trinajstić information content (AvgIpc) is 3.16.